The molecule has 64 valence electrons. The topological polar surface area (TPSA) is 41.6 Å². The fourth-order valence-electron chi connectivity index (χ4n) is 1.29. The number of aromatic nitrogens is 2. The number of hydrogen-bond acceptors (Lipinski definition) is 2. The molecule has 0 saturated heterocycles. The van der Waals surface area contributed by atoms with Gasteiger partial charge in [-0.2, -0.15) is 10.4 Å². The summed E-state index contributed by atoms with van der Waals surface area (Å²) in [6, 6.07) is 4.69. The zero-order chi connectivity index (χ0) is 9.42. The second-order valence-corrected chi connectivity index (χ2v) is 2.77. The number of fused-ring (bicyclic) bond motifs is 1. The van der Waals surface area contributed by atoms with Gasteiger partial charge in [0.25, 0.3) is 0 Å². The maximum atomic E-state index is 13.1. The van der Waals surface area contributed by atoms with Crippen LogP contribution in [0.15, 0.2) is 18.3 Å². The summed E-state index contributed by atoms with van der Waals surface area (Å²) in [6.07, 6.45) is 1.75. The van der Waals surface area contributed by atoms with Crippen molar-refractivity contribution in [2.45, 2.75) is 0 Å². The molecule has 0 aliphatic heterocycles. The average Bonchev–Trinajstić information content (AvgIpc) is 2.45. The number of nitriles is 1. The minimum Gasteiger partial charge on any atom is -0.275 e. The van der Waals surface area contributed by atoms with Gasteiger partial charge in [0.05, 0.1) is 0 Å². The molecule has 1 aromatic carbocycles. The highest BCUT2D eigenvalue weighted by atomic mass is 19.1. The number of aryl methyl sites for hydroxylation is 1. The van der Waals surface area contributed by atoms with Crippen LogP contribution in [0, 0.1) is 17.1 Å². The van der Waals surface area contributed by atoms with E-state index in [0.29, 0.717) is 5.52 Å². The van der Waals surface area contributed by atoms with Gasteiger partial charge in [0, 0.05) is 18.6 Å². The van der Waals surface area contributed by atoms with Crippen molar-refractivity contribution < 1.29 is 4.39 Å². The van der Waals surface area contributed by atoms with Crippen LogP contribution in [0.3, 0.4) is 0 Å². The standard InChI is InChI=1S/C9H6FN3/c1-13-5-6-2-3-8(10)7(4-11)9(6)12-13/h2-3,5H,1H3. The van der Waals surface area contributed by atoms with Crippen LogP contribution in [0.2, 0.25) is 0 Å². The van der Waals surface area contributed by atoms with Crippen molar-refractivity contribution in [3.63, 3.8) is 0 Å². The van der Waals surface area contributed by atoms with Gasteiger partial charge < -0.3 is 0 Å². The van der Waals surface area contributed by atoms with Crippen LogP contribution < -0.4 is 0 Å². The first-order chi connectivity index (χ1) is 6.22. The highest BCUT2D eigenvalue weighted by molar-refractivity contribution is 5.83. The first kappa shape index (κ1) is 7.74. The van der Waals surface area contributed by atoms with Crippen LogP contribution in [0.25, 0.3) is 10.9 Å². The van der Waals surface area contributed by atoms with Crippen LogP contribution in [-0.2, 0) is 7.05 Å². The number of halogens is 1. The Balaban J connectivity index is 2.93. The van der Waals surface area contributed by atoms with E-state index in [9.17, 15) is 4.39 Å². The Morgan fingerprint density at radius 2 is 2.31 bits per heavy atom. The molecule has 0 aliphatic rings. The molecule has 0 fully saturated rings. The Morgan fingerprint density at radius 1 is 1.54 bits per heavy atom. The lowest BCUT2D eigenvalue weighted by atomic mass is 10.1. The van der Waals surface area contributed by atoms with Crippen molar-refractivity contribution in [2.24, 2.45) is 7.05 Å². The molecule has 2 rings (SSSR count). The molecule has 0 amide bonds. The first-order valence-corrected chi connectivity index (χ1v) is 3.74. The van der Waals surface area contributed by atoms with Crippen molar-refractivity contribution in [1.82, 2.24) is 9.78 Å². The van der Waals surface area contributed by atoms with Crippen LogP contribution in [-0.4, -0.2) is 9.78 Å². The average molecular weight is 175 g/mol. The Bertz CT molecular complexity index is 507. The molecule has 1 aromatic heterocycles. The van der Waals surface area contributed by atoms with Crippen molar-refractivity contribution in [3.05, 3.63) is 29.7 Å². The monoisotopic (exact) mass is 175 g/mol. The quantitative estimate of drug-likeness (QED) is 0.610. The highest BCUT2D eigenvalue weighted by Gasteiger charge is 2.09. The molecule has 0 N–H and O–H groups in total. The number of nitrogens with zero attached hydrogens (tertiary/aromatic N) is 3. The molecule has 0 spiro atoms. The lowest BCUT2D eigenvalue weighted by Gasteiger charge is -1.92. The summed E-state index contributed by atoms with van der Waals surface area (Å²) in [5, 5.41) is 13.5. The zero-order valence-electron chi connectivity index (χ0n) is 6.95. The highest BCUT2D eigenvalue weighted by Crippen LogP contribution is 2.18. The minimum atomic E-state index is -0.520. The Hall–Kier alpha value is -1.89. The van der Waals surface area contributed by atoms with E-state index in [1.54, 1.807) is 30.1 Å². The Labute approximate surface area is 74.0 Å². The van der Waals surface area contributed by atoms with E-state index in [1.165, 1.54) is 6.07 Å². The second kappa shape index (κ2) is 2.56. The number of benzene rings is 1. The summed E-state index contributed by atoms with van der Waals surface area (Å²) < 4.78 is 14.6. The predicted molar refractivity (Wildman–Crippen MR) is 45.4 cm³/mol. The normalized spacial score (nSPS) is 10.2. The van der Waals surface area contributed by atoms with E-state index in [4.69, 9.17) is 5.26 Å². The van der Waals surface area contributed by atoms with Crippen molar-refractivity contribution >= 4 is 10.9 Å². The maximum absolute atomic E-state index is 13.1. The molecule has 2 aromatic rings. The smallest absolute Gasteiger partial charge is 0.143 e. The number of rotatable bonds is 0. The Morgan fingerprint density at radius 3 is 3.00 bits per heavy atom. The minimum absolute atomic E-state index is 0.0121. The van der Waals surface area contributed by atoms with E-state index in [2.05, 4.69) is 5.10 Å². The summed E-state index contributed by atoms with van der Waals surface area (Å²) >= 11 is 0. The van der Waals surface area contributed by atoms with Crippen LogP contribution >= 0.6 is 0 Å². The molecule has 1 heterocycles. The molecule has 13 heavy (non-hydrogen) atoms. The van der Waals surface area contributed by atoms with Gasteiger partial charge in [0.1, 0.15) is 23.0 Å². The molecular formula is C9H6FN3. The van der Waals surface area contributed by atoms with Crippen LogP contribution in [0.1, 0.15) is 5.56 Å². The third-order valence-electron chi connectivity index (χ3n) is 1.85. The van der Waals surface area contributed by atoms with Crippen LogP contribution in [0.4, 0.5) is 4.39 Å². The van der Waals surface area contributed by atoms with Crippen LogP contribution in [0.5, 0.6) is 0 Å². The third kappa shape index (κ3) is 1.05. The van der Waals surface area contributed by atoms with Gasteiger partial charge >= 0.3 is 0 Å². The molecule has 0 unspecified atom stereocenters. The largest absolute Gasteiger partial charge is 0.275 e. The summed E-state index contributed by atoms with van der Waals surface area (Å²) in [6.45, 7) is 0. The first-order valence-electron chi connectivity index (χ1n) is 3.74. The molecule has 3 nitrogen and oxygen atoms in total. The van der Waals surface area contributed by atoms with Gasteiger partial charge in [-0.15, -0.1) is 0 Å². The molecular weight excluding hydrogens is 169 g/mol. The lowest BCUT2D eigenvalue weighted by Crippen LogP contribution is -1.88. The van der Waals surface area contributed by atoms with E-state index >= 15 is 0 Å². The van der Waals surface area contributed by atoms with E-state index in [1.807, 2.05) is 0 Å². The van der Waals surface area contributed by atoms with Crippen molar-refractivity contribution in [1.29, 1.82) is 5.26 Å². The molecule has 0 radical (unpaired) electrons. The van der Waals surface area contributed by atoms with Crippen molar-refractivity contribution in [3.8, 4) is 6.07 Å². The van der Waals surface area contributed by atoms with Crippen molar-refractivity contribution in [2.75, 3.05) is 0 Å². The molecule has 4 heteroatoms. The number of hydrogen-bond donors (Lipinski definition) is 0. The van der Waals surface area contributed by atoms with Gasteiger partial charge in [-0.3, -0.25) is 4.68 Å². The van der Waals surface area contributed by atoms with Gasteiger partial charge in [-0.25, -0.2) is 4.39 Å². The summed E-state index contributed by atoms with van der Waals surface area (Å²) in [5.41, 5.74) is 0.433. The fourth-order valence-corrected chi connectivity index (χ4v) is 1.29. The van der Waals surface area contributed by atoms with Gasteiger partial charge in [0.2, 0.25) is 0 Å². The van der Waals surface area contributed by atoms with E-state index in [0.717, 1.165) is 5.39 Å². The van der Waals surface area contributed by atoms with Gasteiger partial charge in [0.15, 0.2) is 0 Å². The summed E-state index contributed by atoms with van der Waals surface area (Å²) in [5.74, 6) is -0.520. The summed E-state index contributed by atoms with van der Waals surface area (Å²) in [4.78, 5) is 0. The van der Waals surface area contributed by atoms with E-state index < -0.39 is 5.82 Å². The Kier molecular flexibility index (Phi) is 1.52. The molecule has 0 saturated carbocycles. The fraction of sp³-hybridized carbons (Fsp3) is 0.111. The summed E-state index contributed by atoms with van der Waals surface area (Å²) in [7, 11) is 1.74. The molecule has 0 bridgehead atoms. The molecule has 0 atom stereocenters. The molecule has 0 aliphatic carbocycles. The van der Waals surface area contributed by atoms with Gasteiger partial charge in [-0.05, 0) is 12.1 Å². The second-order valence-electron chi connectivity index (χ2n) is 2.77. The zero-order valence-corrected chi connectivity index (χ0v) is 6.95. The van der Waals surface area contributed by atoms with Gasteiger partial charge in [-0.1, -0.05) is 0 Å². The lowest BCUT2D eigenvalue weighted by molar-refractivity contribution is 0.625. The third-order valence-corrected chi connectivity index (χ3v) is 1.85. The SMILES string of the molecule is Cn1cc2ccc(F)c(C#N)c2n1. The maximum Gasteiger partial charge on any atom is 0.143 e. The predicted octanol–water partition coefficient (Wildman–Crippen LogP) is 1.58. The van der Waals surface area contributed by atoms with E-state index in [-0.39, 0.29) is 5.56 Å².